The van der Waals surface area contributed by atoms with Crippen LogP contribution in [-0.4, -0.2) is 30.2 Å². The summed E-state index contributed by atoms with van der Waals surface area (Å²) in [6, 6.07) is 5.71. The van der Waals surface area contributed by atoms with Crippen LogP contribution in [0.1, 0.15) is 18.4 Å². The van der Waals surface area contributed by atoms with Gasteiger partial charge in [0.1, 0.15) is 0 Å². The Morgan fingerprint density at radius 1 is 1.39 bits per heavy atom. The fourth-order valence-electron chi connectivity index (χ4n) is 2.11. The molecule has 1 aliphatic carbocycles. The van der Waals surface area contributed by atoms with Crippen LogP contribution in [0.2, 0.25) is 0 Å². The van der Waals surface area contributed by atoms with Crippen LogP contribution < -0.4 is 15.2 Å². The van der Waals surface area contributed by atoms with Gasteiger partial charge in [-0.05, 0) is 30.5 Å². The molecule has 0 aromatic heterocycles. The minimum absolute atomic E-state index is 0.0140. The van der Waals surface area contributed by atoms with Crippen molar-refractivity contribution in [2.75, 3.05) is 13.8 Å². The van der Waals surface area contributed by atoms with E-state index in [9.17, 15) is 4.79 Å². The number of ether oxygens (including phenoxy) is 2. The van der Waals surface area contributed by atoms with Crippen LogP contribution in [0.3, 0.4) is 0 Å². The van der Waals surface area contributed by atoms with Gasteiger partial charge in [0.15, 0.2) is 11.5 Å². The van der Waals surface area contributed by atoms with Gasteiger partial charge in [-0.1, -0.05) is 6.07 Å². The number of nitrogens with two attached hydrogens (primary N) is 1. The number of amides is 1. The summed E-state index contributed by atoms with van der Waals surface area (Å²) in [5, 5.41) is 0. The van der Waals surface area contributed by atoms with Crippen LogP contribution in [-0.2, 0) is 11.3 Å². The molecule has 0 bridgehead atoms. The van der Waals surface area contributed by atoms with Gasteiger partial charge < -0.3 is 20.1 Å². The number of rotatable bonds is 3. The Hall–Kier alpha value is -1.75. The zero-order chi connectivity index (χ0) is 12.8. The lowest BCUT2D eigenvalue weighted by atomic mass is 10.1. The molecule has 1 saturated carbocycles. The normalized spacial score (nSPS) is 18.6. The van der Waals surface area contributed by atoms with E-state index in [4.69, 9.17) is 15.2 Å². The molecule has 5 nitrogen and oxygen atoms in total. The van der Waals surface area contributed by atoms with Gasteiger partial charge in [-0.25, -0.2) is 0 Å². The van der Waals surface area contributed by atoms with E-state index in [1.165, 1.54) is 0 Å². The Morgan fingerprint density at radius 2 is 2.11 bits per heavy atom. The summed E-state index contributed by atoms with van der Waals surface area (Å²) in [7, 11) is 1.78. The van der Waals surface area contributed by atoms with Crippen molar-refractivity contribution < 1.29 is 14.3 Å². The molecule has 1 heterocycles. The van der Waals surface area contributed by atoms with Crippen molar-refractivity contribution in [3.05, 3.63) is 23.8 Å². The second-order valence-corrected chi connectivity index (χ2v) is 5.00. The lowest BCUT2D eigenvalue weighted by Crippen LogP contribution is -2.43. The first-order valence-corrected chi connectivity index (χ1v) is 6.01. The molecule has 2 aliphatic rings. The van der Waals surface area contributed by atoms with E-state index in [1.54, 1.807) is 11.9 Å². The summed E-state index contributed by atoms with van der Waals surface area (Å²) in [6.45, 7) is 0.799. The maximum absolute atomic E-state index is 12.0. The van der Waals surface area contributed by atoms with E-state index in [0.717, 1.165) is 29.9 Å². The van der Waals surface area contributed by atoms with E-state index in [-0.39, 0.29) is 12.7 Å². The third kappa shape index (κ3) is 1.90. The van der Waals surface area contributed by atoms with Gasteiger partial charge in [0.05, 0.1) is 5.54 Å². The molecule has 5 heteroatoms. The predicted octanol–water partition coefficient (Wildman–Crippen LogP) is 0.865. The Labute approximate surface area is 105 Å². The van der Waals surface area contributed by atoms with Gasteiger partial charge in [-0.15, -0.1) is 0 Å². The number of hydrogen-bond acceptors (Lipinski definition) is 4. The SMILES string of the molecule is CN(Cc1ccc2c(c1)OCO2)C(=O)C1(N)CC1. The van der Waals surface area contributed by atoms with Gasteiger partial charge in [0.2, 0.25) is 12.7 Å². The molecule has 1 aromatic carbocycles. The third-order valence-electron chi connectivity index (χ3n) is 3.42. The highest BCUT2D eigenvalue weighted by Crippen LogP contribution is 2.35. The smallest absolute Gasteiger partial charge is 0.242 e. The van der Waals surface area contributed by atoms with E-state index in [1.807, 2.05) is 18.2 Å². The zero-order valence-electron chi connectivity index (χ0n) is 10.3. The summed E-state index contributed by atoms with van der Waals surface area (Å²) < 4.78 is 10.6. The molecule has 1 aliphatic heterocycles. The summed E-state index contributed by atoms with van der Waals surface area (Å²) >= 11 is 0. The van der Waals surface area contributed by atoms with Gasteiger partial charge >= 0.3 is 0 Å². The van der Waals surface area contributed by atoms with Crippen molar-refractivity contribution in [3.8, 4) is 11.5 Å². The highest BCUT2D eigenvalue weighted by Gasteiger charge is 2.47. The second-order valence-electron chi connectivity index (χ2n) is 5.00. The van der Waals surface area contributed by atoms with Crippen LogP contribution >= 0.6 is 0 Å². The largest absolute Gasteiger partial charge is 0.454 e. The van der Waals surface area contributed by atoms with Gasteiger partial charge in [0, 0.05) is 13.6 Å². The number of nitrogens with zero attached hydrogens (tertiary/aromatic N) is 1. The minimum Gasteiger partial charge on any atom is -0.454 e. The lowest BCUT2D eigenvalue weighted by Gasteiger charge is -2.21. The van der Waals surface area contributed by atoms with Crippen molar-refractivity contribution in [2.24, 2.45) is 5.73 Å². The molecule has 3 rings (SSSR count). The standard InChI is InChI=1S/C13H16N2O3/c1-15(12(16)13(14)4-5-13)7-9-2-3-10-11(6-9)18-8-17-10/h2-3,6H,4-5,7-8,14H2,1H3. The van der Waals surface area contributed by atoms with Crippen molar-refractivity contribution in [1.29, 1.82) is 0 Å². The predicted molar refractivity (Wildman–Crippen MR) is 65.2 cm³/mol. The van der Waals surface area contributed by atoms with Gasteiger partial charge in [-0.3, -0.25) is 4.79 Å². The third-order valence-corrected chi connectivity index (χ3v) is 3.42. The molecule has 1 fully saturated rings. The molecule has 2 N–H and O–H groups in total. The monoisotopic (exact) mass is 248 g/mol. The van der Waals surface area contributed by atoms with Crippen molar-refractivity contribution >= 4 is 5.91 Å². The molecule has 0 saturated heterocycles. The Balaban J connectivity index is 1.71. The molecule has 96 valence electrons. The minimum atomic E-state index is -0.606. The first-order chi connectivity index (χ1) is 8.58. The average Bonchev–Trinajstić information content (AvgIpc) is 2.93. The van der Waals surface area contributed by atoms with Gasteiger partial charge in [0.25, 0.3) is 0 Å². The fourth-order valence-corrected chi connectivity index (χ4v) is 2.11. The molecule has 18 heavy (non-hydrogen) atoms. The first-order valence-electron chi connectivity index (χ1n) is 6.01. The molecule has 0 atom stereocenters. The van der Waals surface area contributed by atoms with Crippen LogP contribution in [0.4, 0.5) is 0 Å². The van der Waals surface area contributed by atoms with Crippen molar-refractivity contribution in [2.45, 2.75) is 24.9 Å². The molecular formula is C13H16N2O3. The number of carbonyl (C=O) groups excluding carboxylic acids is 1. The molecule has 0 unspecified atom stereocenters. The van der Waals surface area contributed by atoms with Crippen LogP contribution in [0.25, 0.3) is 0 Å². The number of carbonyl (C=O) groups is 1. The fraction of sp³-hybridized carbons (Fsp3) is 0.462. The summed E-state index contributed by atoms with van der Waals surface area (Å²) in [6.07, 6.45) is 1.58. The highest BCUT2D eigenvalue weighted by atomic mass is 16.7. The molecule has 0 spiro atoms. The molecular weight excluding hydrogens is 232 g/mol. The van der Waals surface area contributed by atoms with E-state index in [0.29, 0.717) is 6.54 Å². The molecule has 1 aromatic rings. The van der Waals surface area contributed by atoms with Crippen LogP contribution in [0, 0.1) is 0 Å². The summed E-state index contributed by atoms with van der Waals surface area (Å²) in [4.78, 5) is 13.7. The highest BCUT2D eigenvalue weighted by molar-refractivity contribution is 5.88. The molecule has 1 amide bonds. The topological polar surface area (TPSA) is 64.8 Å². The number of fused-ring (bicyclic) bond motifs is 1. The average molecular weight is 248 g/mol. The van der Waals surface area contributed by atoms with E-state index in [2.05, 4.69) is 0 Å². The van der Waals surface area contributed by atoms with E-state index < -0.39 is 5.54 Å². The quantitative estimate of drug-likeness (QED) is 0.861. The Morgan fingerprint density at radius 3 is 2.83 bits per heavy atom. The van der Waals surface area contributed by atoms with E-state index >= 15 is 0 Å². The number of hydrogen-bond donors (Lipinski definition) is 1. The zero-order valence-corrected chi connectivity index (χ0v) is 10.3. The Bertz CT molecular complexity index is 497. The van der Waals surface area contributed by atoms with Crippen molar-refractivity contribution in [1.82, 2.24) is 4.90 Å². The van der Waals surface area contributed by atoms with Crippen LogP contribution in [0.15, 0.2) is 18.2 Å². The van der Waals surface area contributed by atoms with Gasteiger partial charge in [-0.2, -0.15) is 0 Å². The van der Waals surface area contributed by atoms with Crippen molar-refractivity contribution in [3.63, 3.8) is 0 Å². The van der Waals surface area contributed by atoms with Crippen LogP contribution in [0.5, 0.6) is 11.5 Å². The lowest BCUT2D eigenvalue weighted by molar-refractivity contribution is -0.132. The number of likely N-dealkylation sites (N-methyl/N-ethyl adjacent to an activating group) is 1. The number of benzene rings is 1. The summed E-state index contributed by atoms with van der Waals surface area (Å²) in [5.41, 5.74) is 6.31. The second kappa shape index (κ2) is 3.88. The first kappa shape index (κ1) is 11.3. The maximum atomic E-state index is 12.0. The Kier molecular flexibility index (Phi) is 2.45. The maximum Gasteiger partial charge on any atom is 0.242 e. The molecule has 0 radical (unpaired) electrons. The summed E-state index contributed by atoms with van der Waals surface area (Å²) in [5.74, 6) is 1.51.